The van der Waals surface area contributed by atoms with Crippen LogP contribution in [0, 0.1) is 5.92 Å². The number of H-pyrrole nitrogens is 1. The Morgan fingerprint density at radius 1 is 1.24 bits per heavy atom. The SMILES string of the molecule is O=C(C[C@@H]1C=CCC1)NNC(=O)c1c[nH]c2ccccc12. The van der Waals surface area contributed by atoms with E-state index in [0.717, 1.165) is 23.7 Å². The molecule has 0 saturated carbocycles. The molecular formula is C16H17N3O2. The van der Waals surface area contributed by atoms with Crippen LogP contribution in [0.2, 0.25) is 0 Å². The molecule has 108 valence electrons. The van der Waals surface area contributed by atoms with Crippen LogP contribution >= 0.6 is 0 Å². The number of para-hydroxylation sites is 1. The zero-order chi connectivity index (χ0) is 14.7. The number of benzene rings is 1. The third kappa shape index (κ3) is 2.97. The number of hydrogen-bond donors (Lipinski definition) is 3. The lowest BCUT2D eigenvalue weighted by Gasteiger charge is -2.09. The molecule has 2 aromatic rings. The number of nitrogens with one attached hydrogen (secondary N) is 3. The van der Waals surface area contributed by atoms with Gasteiger partial charge in [-0.2, -0.15) is 0 Å². The summed E-state index contributed by atoms with van der Waals surface area (Å²) in [6.45, 7) is 0. The highest BCUT2D eigenvalue weighted by Crippen LogP contribution is 2.20. The first kappa shape index (κ1) is 13.4. The molecule has 5 nitrogen and oxygen atoms in total. The molecule has 1 heterocycles. The molecule has 1 aliphatic rings. The summed E-state index contributed by atoms with van der Waals surface area (Å²) in [5, 5.41) is 0.836. The minimum atomic E-state index is -0.317. The second-order valence-electron chi connectivity index (χ2n) is 5.22. The number of rotatable bonds is 3. The second-order valence-corrected chi connectivity index (χ2v) is 5.22. The quantitative estimate of drug-likeness (QED) is 0.597. The van der Waals surface area contributed by atoms with E-state index >= 15 is 0 Å². The molecule has 0 spiro atoms. The Morgan fingerprint density at radius 3 is 2.90 bits per heavy atom. The zero-order valence-electron chi connectivity index (χ0n) is 11.6. The Hall–Kier alpha value is -2.56. The molecule has 1 aromatic carbocycles. The van der Waals surface area contributed by atoms with Gasteiger partial charge in [0.2, 0.25) is 5.91 Å². The van der Waals surface area contributed by atoms with Crippen LogP contribution in [-0.2, 0) is 4.79 Å². The summed E-state index contributed by atoms with van der Waals surface area (Å²) < 4.78 is 0. The van der Waals surface area contributed by atoms with Crippen molar-refractivity contribution in [2.75, 3.05) is 0 Å². The fraction of sp³-hybridized carbons (Fsp3) is 0.250. The minimum Gasteiger partial charge on any atom is -0.360 e. The summed E-state index contributed by atoms with van der Waals surface area (Å²) in [7, 11) is 0. The lowest BCUT2D eigenvalue weighted by atomic mass is 10.1. The molecule has 1 aromatic heterocycles. The average Bonchev–Trinajstić information content (AvgIpc) is 3.13. The number of fused-ring (bicyclic) bond motifs is 1. The van der Waals surface area contributed by atoms with Crippen LogP contribution < -0.4 is 10.9 Å². The molecule has 0 bridgehead atoms. The van der Waals surface area contributed by atoms with Crippen LogP contribution in [0.25, 0.3) is 10.9 Å². The standard InChI is InChI=1S/C16H17N3O2/c20-15(9-11-5-1-2-6-11)18-19-16(21)13-10-17-14-8-4-3-7-12(13)14/h1,3-5,7-8,10-11,17H,2,6,9H2,(H,18,20)(H,19,21)/t11-/m1/s1. The number of hydrogen-bond acceptors (Lipinski definition) is 2. The summed E-state index contributed by atoms with van der Waals surface area (Å²) >= 11 is 0. The summed E-state index contributed by atoms with van der Waals surface area (Å²) in [4.78, 5) is 26.9. The molecule has 0 aliphatic heterocycles. The van der Waals surface area contributed by atoms with Crippen molar-refractivity contribution in [1.29, 1.82) is 0 Å². The molecule has 0 unspecified atom stereocenters. The summed E-state index contributed by atoms with van der Waals surface area (Å²) in [6, 6.07) is 7.54. The van der Waals surface area contributed by atoms with Crippen molar-refractivity contribution < 1.29 is 9.59 Å². The van der Waals surface area contributed by atoms with Gasteiger partial charge >= 0.3 is 0 Å². The van der Waals surface area contributed by atoms with E-state index in [1.54, 1.807) is 6.20 Å². The molecule has 3 rings (SSSR count). The lowest BCUT2D eigenvalue weighted by Crippen LogP contribution is -2.42. The van der Waals surface area contributed by atoms with Gasteiger partial charge in [0.05, 0.1) is 5.56 Å². The van der Waals surface area contributed by atoms with Gasteiger partial charge in [-0.15, -0.1) is 0 Å². The third-order valence-electron chi connectivity index (χ3n) is 3.71. The van der Waals surface area contributed by atoms with Gasteiger partial charge in [0.25, 0.3) is 5.91 Å². The molecule has 0 fully saturated rings. The largest absolute Gasteiger partial charge is 0.360 e. The number of carbonyl (C=O) groups excluding carboxylic acids is 2. The number of aromatic amines is 1. The first-order chi connectivity index (χ1) is 10.2. The van der Waals surface area contributed by atoms with Gasteiger partial charge in [-0.3, -0.25) is 20.4 Å². The predicted molar refractivity (Wildman–Crippen MR) is 80.4 cm³/mol. The lowest BCUT2D eigenvalue weighted by molar-refractivity contribution is -0.122. The highest BCUT2D eigenvalue weighted by atomic mass is 16.2. The van der Waals surface area contributed by atoms with E-state index in [2.05, 4.69) is 28.0 Å². The highest BCUT2D eigenvalue weighted by Gasteiger charge is 2.16. The van der Waals surface area contributed by atoms with Crippen molar-refractivity contribution in [3.8, 4) is 0 Å². The second kappa shape index (κ2) is 5.83. The van der Waals surface area contributed by atoms with Gasteiger partial charge in [-0.1, -0.05) is 30.4 Å². The highest BCUT2D eigenvalue weighted by molar-refractivity contribution is 6.07. The molecule has 3 N–H and O–H groups in total. The number of hydrazine groups is 1. The molecule has 1 atom stereocenters. The monoisotopic (exact) mass is 283 g/mol. The maximum atomic E-state index is 12.1. The fourth-order valence-electron chi connectivity index (χ4n) is 2.61. The first-order valence-electron chi connectivity index (χ1n) is 7.06. The van der Waals surface area contributed by atoms with Crippen LogP contribution in [0.5, 0.6) is 0 Å². The zero-order valence-corrected chi connectivity index (χ0v) is 11.6. The molecule has 1 aliphatic carbocycles. The summed E-state index contributed by atoms with van der Waals surface area (Å²) in [5.74, 6) is -0.197. The maximum absolute atomic E-state index is 12.1. The van der Waals surface area contributed by atoms with Gasteiger partial charge in [0.1, 0.15) is 0 Å². The van der Waals surface area contributed by atoms with Crippen LogP contribution in [-0.4, -0.2) is 16.8 Å². The average molecular weight is 283 g/mol. The van der Waals surface area contributed by atoms with Crippen LogP contribution in [0.4, 0.5) is 0 Å². The number of allylic oxidation sites excluding steroid dienone is 2. The summed E-state index contributed by atoms with van der Waals surface area (Å²) in [6.07, 6.45) is 8.23. The maximum Gasteiger partial charge on any atom is 0.271 e. The molecule has 2 amide bonds. The molecule has 21 heavy (non-hydrogen) atoms. The Bertz CT molecular complexity index is 702. The van der Waals surface area contributed by atoms with Gasteiger partial charge in [0.15, 0.2) is 0 Å². The van der Waals surface area contributed by atoms with E-state index in [9.17, 15) is 9.59 Å². The van der Waals surface area contributed by atoms with Gasteiger partial charge < -0.3 is 4.98 Å². The predicted octanol–water partition coefficient (Wildman–Crippen LogP) is 2.29. The number of carbonyl (C=O) groups is 2. The Kier molecular flexibility index (Phi) is 3.73. The van der Waals surface area contributed by atoms with Gasteiger partial charge in [-0.05, 0) is 24.8 Å². The number of aromatic nitrogens is 1. The Balaban J connectivity index is 1.58. The van der Waals surface area contributed by atoms with Crippen LogP contribution in [0.1, 0.15) is 29.6 Å². The van der Waals surface area contributed by atoms with Crippen molar-refractivity contribution in [3.05, 3.63) is 48.2 Å². The van der Waals surface area contributed by atoms with Crippen LogP contribution in [0.15, 0.2) is 42.6 Å². The van der Waals surface area contributed by atoms with E-state index in [4.69, 9.17) is 0 Å². The van der Waals surface area contributed by atoms with E-state index < -0.39 is 0 Å². The normalized spacial score (nSPS) is 17.0. The van der Waals surface area contributed by atoms with Gasteiger partial charge in [0, 0.05) is 23.5 Å². The minimum absolute atomic E-state index is 0.167. The third-order valence-corrected chi connectivity index (χ3v) is 3.71. The summed E-state index contributed by atoms with van der Waals surface area (Å²) in [5.41, 5.74) is 6.36. The smallest absolute Gasteiger partial charge is 0.271 e. The van der Waals surface area contributed by atoms with Crippen molar-refractivity contribution in [3.63, 3.8) is 0 Å². The van der Waals surface area contributed by atoms with E-state index in [1.807, 2.05) is 24.3 Å². The van der Waals surface area contributed by atoms with Gasteiger partial charge in [-0.25, -0.2) is 0 Å². The molecule has 0 radical (unpaired) electrons. The van der Waals surface area contributed by atoms with Crippen molar-refractivity contribution >= 4 is 22.7 Å². The fourth-order valence-corrected chi connectivity index (χ4v) is 2.61. The first-order valence-corrected chi connectivity index (χ1v) is 7.06. The van der Waals surface area contributed by atoms with E-state index in [0.29, 0.717) is 12.0 Å². The Labute approximate surface area is 122 Å². The van der Waals surface area contributed by atoms with Crippen molar-refractivity contribution in [1.82, 2.24) is 15.8 Å². The van der Waals surface area contributed by atoms with Crippen molar-refractivity contribution in [2.24, 2.45) is 5.92 Å². The molecule has 5 heteroatoms. The number of amides is 2. The molecule has 0 saturated heterocycles. The van der Waals surface area contributed by atoms with E-state index in [-0.39, 0.29) is 17.7 Å². The van der Waals surface area contributed by atoms with Crippen molar-refractivity contribution in [2.45, 2.75) is 19.3 Å². The molecular weight excluding hydrogens is 266 g/mol. The van der Waals surface area contributed by atoms with E-state index in [1.165, 1.54) is 0 Å². The Morgan fingerprint density at radius 2 is 2.10 bits per heavy atom. The topological polar surface area (TPSA) is 74.0 Å². The van der Waals surface area contributed by atoms with Crippen LogP contribution in [0.3, 0.4) is 0 Å².